The van der Waals surface area contributed by atoms with Crippen molar-refractivity contribution in [1.29, 1.82) is 0 Å². The van der Waals surface area contributed by atoms with Gasteiger partial charge in [-0.2, -0.15) is 11.8 Å². The molecular formula is C14H27NS. The summed E-state index contributed by atoms with van der Waals surface area (Å²) in [5.41, 5.74) is 0. The molecule has 0 heterocycles. The lowest BCUT2D eigenvalue weighted by atomic mass is 9.91. The molecule has 2 rings (SSSR count). The Morgan fingerprint density at radius 2 is 2.06 bits per heavy atom. The maximum atomic E-state index is 3.67. The minimum Gasteiger partial charge on any atom is -0.313 e. The summed E-state index contributed by atoms with van der Waals surface area (Å²) in [5.74, 6) is 3.29. The van der Waals surface area contributed by atoms with Crippen LogP contribution in [0, 0.1) is 11.8 Å². The molecule has 0 aromatic heterocycles. The van der Waals surface area contributed by atoms with E-state index in [-0.39, 0.29) is 0 Å². The predicted octanol–water partition coefficient (Wildman–Crippen LogP) is 3.69. The largest absolute Gasteiger partial charge is 0.313 e. The molecule has 0 spiro atoms. The zero-order valence-corrected chi connectivity index (χ0v) is 11.7. The predicted molar refractivity (Wildman–Crippen MR) is 74.1 cm³/mol. The first-order valence-corrected chi connectivity index (χ1v) is 8.15. The van der Waals surface area contributed by atoms with Crippen molar-refractivity contribution in [3.63, 3.8) is 0 Å². The molecular weight excluding hydrogens is 214 g/mol. The second-order valence-corrected chi connectivity index (χ2v) is 7.25. The summed E-state index contributed by atoms with van der Waals surface area (Å²) in [5, 5.41) is 4.63. The fourth-order valence-electron chi connectivity index (χ4n) is 2.80. The lowest BCUT2D eigenvalue weighted by molar-refractivity contribution is 0.394. The first-order valence-electron chi connectivity index (χ1n) is 7.10. The van der Waals surface area contributed by atoms with Crippen LogP contribution in [0.3, 0.4) is 0 Å². The molecule has 2 saturated carbocycles. The maximum Gasteiger partial charge on any atom is 0.00673 e. The SMILES string of the molecule is CC1CCCC(SCCNC(C)C2CC2)C1. The van der Waals surface area contributed by atoms with E-state index in [4.69, 9.17) is 0 Å². The van der Waals surface area contributed by atoms with Crippen LogP contribution in [-0.2, 0) is 0 Å². The number of thioether (sulfide) groups is 1. The van der Waals surface area contributed by atoms with E-state index in [0.717, 1.165) is 23.1 Å². The Balaban J connectivity index is 1.50. The molecule has 16 heavy (non-hydrogen) atoms. The Morgan fingerprint density at radius 1 is 1.25 bits per heavy atom. The molecule has 0 amide bonds. The Hall–Kier alpha value is 0.310. The quantitative estimate of drug-likeness (QED) is 0.712. The van der Waals surface area contributed by atoms with Crippen molar-refractivity contribution >= 4 is 11.8 Å². The number of nitrogens with one attached hydrogen (secondary N) is 1. The summed E-state index contributed by atoms with van der Waals surface area (Å²) in [6.07, 6.45) is 8.78. The standard InChI is InChI=1S/C14H27NS/c1-11-4-3-5-14(10-11)16-9-8-15-12(2)13-6-7-13/h11-15H,3-10H2,1-2H3. The third-order valence-electron chi connectivity index (χ3n) is 4.14. The highest BCUT2D eigenvalue weighted by molar-refractivity contribution is 7.99. The molecule has 0 saturated heterocycles. The lowest BCUT2D eigenvalue weighted by Crippen LogP contribution is -2.30. The van der Waals surface area contributed by atoms with E-state index >= 15 is 0 Å². The smallest absolute Gasteiger partial charge is 0.00673 e. The summed E-state index contributed by atoms with van der Waals surface area (Å²) in [7, 11) is 0. The minimum absolute atomic E-state index is 0.769. The molecule has 2 heteroatoms. The second kappa shape index (κ2) is 6.30. The summed E-state index contributed by atoms with van der Waals surface area (Å²) in [6.45, 7) is 5.98. The highest BCUT2D eigenvalue weighted by Gasteiger charge is 2.27. The summed E-state index contributed by atoms with van der Waals surface area (Å²) >= 11 is 2.21. The maximum absolute atomic E-state index is 3.67. The summed E-state index contributed by atoms with van der Waals surface area (Å²) in [6, 6.07) is 0.769. The van der Waals surface area contributed by atoms with Gasteiger partial charge in [-0.1, -0.05) is 19.8 Å². The molecule has 3 atom stereocenters. The molecule has 1 N–H and O–H groups in total. The zero-order chi connectivity index (χ0) is 11.4. The monoisotopic (exact) mass is 241 g/mol. The molecule has 0 aliphatic heterocycles. The van der Waals surface area contributed by atoms with Crippen molar-refractivity contribution in [2.24, 2.45) is 11.8 Å². The molecule has 2 aliphatic carbocycles. The fraction of sp³-hybridized carbons (Fsp3) is 1.00. The first kappa shape index (κ1) is 12.8. The van der Waals surface area contributed by atoms with Gasteiger partial charge in [0.15, 0.2) is 0 Å². The second-order valence-electron chi connectivity index (χ2n) is 5.84. The zero-order valence-electron chi connectivity index (χ0n) is 10.9. The van der Waals surface area contributed by atoms with Crippen LogP contribution in [0.25, 0.3) is 0 Å². The van der Waals surface area contributed by atoms with Gasteiger partial charge in [0.2, 0.25) is 0 Å². The molecule has 0 aromatic carbocycles. The molecule has 2 aliphatic rings. The normalized spacial score (nSPS) is 32.6. The van der Waals surface area contributed by atoms with Crippen molar-refractivity contribution in [1.82, 2.24) is 5.32 Å². The van der Waals surface area contributed by atoms with E-state index in [1.807, 2.05) is 0 Å². The van der Waals surface area contributed by atoms with Crippen LogP contribution < -0.4 is 5.32 Å². The summed E-state index contributed by atoms with van der Waals surface area (Å²) < 4.78 is 0. The van der Waals surface area contributed by atoms with E-state index < -0.39 is 0 Å². The minimum atomic E-state index is 0.769. The van der Waals surface area contributed by atoms with Gasteiger partial charge in [-0.05, 0) is 44.4 Å². The van der Waals surface area contributed by atoms with Crippen molar-refractivity contribution in [3.8, 4) is 0 Å². The average Bonchev–Trinajstić information content (AvgIpc) is 3.08. The molecule has 94 valence electrons. The third kappa shape index (κ3) is 4.29. The van der Waals surface area contributed by atoms with Crippen LogP contribution >= 0.6 is 11.8 Å². The van der Waals surface area contributed by atoms with Gasteiger partial charge in [0.05, 0.1) is 0 Å². The van der Waals surface area contributed by atoms with Gasteiger partial charge in [0.25, 0.3) is 0 Å². The number of hydrogen-bond acceptors (Lipinski definition) is 2. The number of rotatable bonds is 6. The van der Waals surface area contributed by atoms with E-state index in [0.29, 0.717) is 0 Å². The average molecular weight is 241 g/mol. The highest BCUT2D eigenvalue weighted by Crippen LogP contribution is 2.33. The van der Waals surface area contributed by atoms with Crippen LogP contribution in [0.5, 0.6) is 0 Å². The van der Waals surface area contributed by atoms with Gasteiger partial charge in [0.1, 0.15) is 0 Å². The van der Waals surface area contributed by atoms with Crippen LogP contribution in [-0.4, -0.2) is 23.6 Å². The van der Waals surface area contributed by atoms with E-state index in [2.05, 4.69) is 30.9 Å². The third-order valence-corrected chi connectivity index (χ3v) is 5.48. The Bertz CT molecular complexity index is 203. The molecule has 0 aromatic rings. The molecule has 3 unspecified atom stereocenters. The Labute approximate surface area is 105 Å². The fourth-order valence-corrected chi connectivity index (χ4v) is 4.17. The van der Waals surface area contributed by atoms with Gasteiger partial charge < -0.3 is 5.32 Å². The molecule has 0 radical (unpaired) electrons. The van der Waals surface area contributed by atoms with Crippen LogP contribution in [0.2, 0.25) is 0 Å². The van der Waals surface area contributed by atoms with E-state index in [9.17, 15) is 0 Å². The van der Waals surface area contributed by atoms with Gasteiger partial charge in [-0.15, -0.1) is 0 Å². The lowest BCUT2D eigenvalue weighted by Gasteiger charge is -2.26. The van der Waals surface area contributed by atoms with Crippen molar-refractivity contribution in [3.05, 3.63) is 0 Å². The van der Waals surface area contributed by atoms with Crippen LogP contribution in [0.15, 0.2) is 0 Å². The first-order chi connectivity index (χ1) is 7.75. The Kier molecular flexibility index (Phi) is 5.02. The summed E-state index contributed by atoms with van der Waals surface area (Å²) in [4.78, 5) is 0. The van der Waals surface area contributed by atoms with Crippen LogP contribution in [0.4, 0.5) is 0 Å². The van der Waals surface area contributed by atoms with E-state index in [1.54, 1.807) is 0 Å². The van der Waals surface area contributed by atoms with Gasteiger partial charge in [-0.3, -0.25) is 0 Å². The topological polar surface area (TPSA) is 12.0 Å². The van der Waals surface area contributed by atoms with Crippen LogP contribution in [0.1, 0.15) is 52.4 Å². The van der Waals surface area contributed by atoms with Gasteiger partial charge in [0, 0.05) is 23.6 Å². The highest BCUT2D eigenvalue weighted by atomic mass is 32.2. The van der Waals surface area contributed by atoms with E-state index in [1.165, 1.54) is 50.8 Å². The number of hydrogen-bond donors (Lipinski definition) is 1. The van der Waals surface area contributed by atoms with Crippen molar-refractivity contribution < 1.29 is 0 Å². The van der Waals surface area contributed by atoms with Crippen molar-refractivity contribution in [2.45, 2.75) is 63.7 Å². The molecule has 0 bridgehead atoms. The molecule has 2 fully saturated rings. The molecule has 1 nitrogen and oxygen atoms in total. The Morgan fingerprint density at radius 3 is 2.75 bits per heavy atom. The van der Waals surface area contributed by atoms with Gasteiger partial charge in [-0.25, -0.2) is 0 Å². The van der Waals surface area contributed by atoms with Crippen molar-refractivity contribution in [2.75, 3.05) is 12.3 Å². The van der Waals surface area contributed by atoms with Gasteiger partial charge >= 0.3 is 0 Å².